The summed E-state index contributed by atoms with van der Waals surface area (Å²) in [7, 11) is 2.03. The average Bonchev–Trinajstić information content (AvgIpc) is 2.30. The lowest BCUT2D eigenvalue weighted by atomic mass is 9.79. The summed E-state index contributed by atoms with van der Waals surface area (Å²) in [6.07, 6.45) is 4.27. The minimum atomic E-state index is -0.116. The number of ether oxygens (including phenoxy) is 1. The fourth-order valence-corrected chi connectivity index (χ4v) is 3.22. The zero-order valence-corrected chi connectivity index (χ0v) is 11.0. The van der Waals surface area contributed by atoms with Crippen LogP contribution in [0.1, 0.15) is 25.7 Å². The molecular formula is C13H26N2O2. The molecule has 0 aliphatic carbocycles. The molecule has 2 rings (SSSR count). The van der Waals surface area contributed by atoms with Crippen molar-refractivity contribution < 1.29 is 9.84 Å². The van der Waals surface area contributed by atoms with Gasteiger partial charge in [0.05, 0.1) is 6.10 Å². The fourth-order valence-electron chi connectivity index (χ4n) is 3.22. The number of nitrogens with one attached hydrogen (secondary N) is 1. The smallest absolute Gasteiger partial charge is 0.0667 e. The van der Waals surface area contributed by atoms with Gasteiger partial charge < -0.3 is 20.1 Å². The van der Waals surface area contributed by atoms with Gasteiger partial charge in [0.1, 0.15) is 0 Å². The minimum absolute atomic E-state index is 0.116. The maximum Gasteiger partial charge on any atom is 0.0667 e. The van der Waals surface area contributed by atoms with Crippen LogP contribution in [0.25, 0.3) is 0 Å². The first-order valence-corrected chi connectivity index (χ1v) is 6.87. The molecule has 2 aliphatic heterocycles. The first-order chi connectivity index (χ1) is 8.24. The highest BCUT2D eigenvalue weighted by atomic mass is 16.5. The molecule has 0 aromatic carbocycles. The van der Waals surface area contributed by atoms with Gasteiger partial charge in [-0.3, -0.25) is 0 Å². The van der Waals surface area contributed by atoms with Crippen LogP contribution in [0.15, 0.2) is 0 Å². The summed E-state index contributed by atoms with van der Waals surface area (Å²) in [4.78, 5) is 2.44. The first kappa shape index (κ1) is 13.3. The molecule has 17 heavy (non-hydrogen) atoms. The van der Waals surface area contributed by atoms with E-state index in [0.717, 1.165) is 65.1 Å². The standard InChI is InChI=1S/C13H26N2O2/c1-14-10-13(4-7-17-8-5-13)11-15-6-2-3-12(16)9-15/h12,14,16H,2-11H2,1H3. The molecule has 2 heterocycles. The molecule has 0 aromatic heterocycles. The second kappa shape index (κ2) is 6.14. The van der Waals surface area contributed by atoms with Gasteiger partial charge in [-0.1, -0.05) is 0 Å². The average molecular weight is 242 g/mol. The van der Waals surface area contributed by atoms with Gasteiger partial charge in [0.2, 0.25) is 0 Å². The Labute approximate surface area is 104 Å². The minimum Gasteiger partial charge on any atom is -0.392 e. The lowest BCUT2D eigenvalue weighted by Crippen LogP contribution is -2.50. The summed E-state index contributed by atoms with van der Waals surface area (Å²) >= 11 is 0. The molecule has 2 N–H and O–H groups in total. The van der Waals surface area contributed by atoms with E-state index in [0.29, 0.717) is 5.41 Å². The summed E-state index contributed by atoms with van der Waals surface area (Å²) in [5.41, 5.74) is 0.351. The van der Waals surface area contributed by atoms with Gasteiger partial charge in [0, 0.05) is 32.8 Å². The number of β-amino-alcohol motifs (C(OH)–C–C–N with tert-alkyl or cyclic N) is 1. The van der Waals surface area contributed by atoms with E-state index in [9.17, 15) is 5.11 Å². The summed E-state index contributed by atoms with van der Waals surface area (Å²) in [6.45, 7) is 5.93. The Morgan fingerprint density at radius 3 is 2.82 bits per heavy atom. The van der Waals surface area contributed by atoms with E-state index in [1.807, 2.05) is 7.05 Å². The van der Waals surface area contributed by atoms with E-state index >= 15 is 0 Å². The number of aliphatic hydroxyl groups is 1. The van der Waals surface area contributed by atoms with Crippen LogP contribution in [-0.2, 0) is 4.74 Å². The maximum atomic E-state index is 9.74. The summed E-state index contributed by atoms with van der Waals surface area (Å²) in [6, 6.07) is 0. The molecule has 0 aromatic rings. The predicted octanol–water partition coefficient (Wildman–Crippen LogP) is 0.459. The molecule has 0 bridgehead atoms. The molecule has 0 saturated carbocycles. The zero-order valence-electron chi connectivity index (χ0n) is 11.0. The van der Waals surface area contributed by atoms with E-state index < -0.39 is 0 Å². The number of aliphatic hydroxyl groups excluding tert-OH is 1. The number of likely N-dealkylation sites (tertiary alicyclic amines) is 1. The molecule has 1 unspecified atom stereocenters. The van der Waals surface area contributed by atoms with Gasteiger partial charge in [0.25, 0.3) is 0 Å². The van der Waals surface area contributed by atoms with Gasteiger partial charge in [0.15, 0.2) is 0 Å². The summed E-state index contributed by atoms with van der Waals surface area (Å²) in [5.74, 6) is 0. The van der Waals surface area contributed by atoms with Crippen molar-refractivity contribution >= 4 is 0 Å². The molecule has 4 nitrogen and oxygen atoms in total. The molecule has 2 fully saturated rings. The van der Waals surface area contributed by atoms with Gasteiger partial charge in [-0.2, -0.15) is 0 Å². The molecule has 2 saturated heterocycles. The lowest BCUT2D eigenvalue weighted by molar-refractivity contribution is -0.0192. The lowest BCUT2D eigenvalue weighted by Gasteiger charge is -2.42. The van der Waals surface area contributed by atoms with Crippen LogP contribution in [-0.4, -0.2) is 62.6 Å². The topological polar surface area (TPSA) is 44.7 Å². The van der Waals surface area contributed by atoms with Crippen LogP contribution < -0.4 is 5.32 Å². The molecule has 100 valence electrons. The molecule has 1 atom stereocenters. The number of rotatable bonds is 4. The number of hydrogen-bond acceptors (Lipinski definition) is 4. The summed E-state index contributed by atoms with van der Waals surface area (Å²) in [5, 5.41) is 13.1. The van der Waals surface area contributed by atoms with Crippen molar-refractivity contribution in [1.29, 1.82) is 0 Å². The van der Waals surface area contributed by atoms with E-state index in [1.165, 1.54) is 0 Å². The number of piperidine rings is 1. The Morgan fingerprint density at radius 2 is 2.18 bits per heavy atom. The van der Waals surface area contributed by atoms with Gasteiger partial charge in [-0.15, -0.1) is 0 Å². The predicted molar refractivity (Wildman–Crippen MR) is 68.1 cm³/mol. The van der Waals surface area contributed by atoms with Crippen LogP contribution in [0.3, 0.4) is 0 Å². The SMILES string of the molecule is CNCC1(CN2CCCC(O)C2)CCOCC1. The van der Waals surface area contributed by atoms with Crippen molar-refractivity contribution in [3.63, 3.8) is 0 Å². The molecule has 0 spiro atoms. The van der Waals surface area contributed by atoms with E-state index in [2.05, 4.69) is 10.2 Å². The largest absolute Gasteiger partial charge is 0.392 e. The monoisotopic (exact) mass is 242 g/mol. The fraction of sp³-hybridized carbons (Fsp3) is 1.00. The van der Waals surface area contributed by atoms with Crippen molar-refractivity contribution in [1.82, 2.24) is 10.2 Å². The first-order valence-electron chi connectivity index (χ1n) is 6.87. The van der Waals surface area contributed by atoms with E-state index in [4.69, 9.17) is 4.74 Å². The number of hydrogen-bond donors (Lipinski definition) is 2. The highest BCUT2D eigenvalue weighted by Gasteiger charge is 2.34. The van der Waals surface area contributed by atoms with Crippen LogP contribution in [0, 0.1) is 5.41 Å². The van der Waals surface area contributed by atoms with E-state index in [1.54, 1.807) is 0 Å². The highest BCUT2D eigenvalue weighted by Crippen LogP contribution is 2.31. The quantitative estimate of drug-likeness (QED) is 0.752. The van der Waals surface area contributed by atoms with E-state index in [-0.39, 0.29) is 6.10 Å². The molecular weight excluding hydrogens is 216 g/mol. The molecule has 2 aliphatic rings. The third-order valence-electron chi connectivity index (χ3n) is 4.14. The Bertz CT molecular complexity index is 224. The van der Waals surface area contributed by atoms with Crippen molar-refractivity contribution in [2.24, 2.45) is 5.41 Å². The normalized spacial score (nSPS) is 30.4. The molecule has 4 heteroatoms. The maximum absolute atomic E-state index is 9.74. The van der Waals surface area contributed by atoms with Crippen molar-refractivity contribution in [3.05, 3.63) is 0 Å². The van der Waals surface area contributed by atoms with Gasteiger partial charge in [-0.25, -0.2) is 0 Å². The Hall–Kier alpha value is -0.160. The third kappa shape index (κ3) is 3.65. The molecule has 0 radical (unpaired) electrons. The Morgan fingerprint density at radius 1 is 1.41 bits per heavy atom. The van der Waals surface area contributed by atoms with Crippen molar-refractivity contribution in [2.45, 2.75) is 31.8 Å². The Kier molecular flexibility index (Phi) is 4.79. The summed E-state index contributed by atoms with van der Waals surface area (Å²) < 4.78 is 5.49. The second-order valence-corrected chi connectivity index (χ2v) is 5.67. The second-order valence-electron chi connectivity index (χ2n) is 5.67. The zero-order chi connectivity index (χ0) is 12.1. The van der Waals surface area contributed by atoms with Crippen molar-refractivity contribution in [2.75, 3.05) is 46.4 Å². The highest BCUT2D eigenvalue weighted by molar-refractivity contribution is 4.88. The molecule has 0 amide bonds. The Balaban J connectivity index is 1.91. The number of nitrogens with zero attached hydrogens (tertiary/aromatic N) is 1. The van der Waals surface area contributed by atoms with Crippen LogP contribution in [0.5, 0.6) is 0 Å². The van der Waals surface area contributed by atoms with Crippen molar-refractivity contribution in [3.8, 4) is 0 Å². The van der Waals surface area contributed by atoms with Crippen LogP contribution >= 0.6 is 0 Å². The van der Waals surface area contributed by atoms with Crippen LogP contribution in [0.4, 0.5) is 0 Å². The third-order valence-corrected chi connectivity index (χ3v) is 4.14. The van der Waals surface area contributed by atoms with Gasteiger partial charge in [-0.05, 0) is 44.7 Å². The van der Waals surface area contributed by atoms with Gasteiger partial charge >= 0.3 is 0 Å². The van der Waals surface area contributed by atoms with Crippen LogP contribution in [0.2, 0.25) is 0 Å².